The lowest BCUT2D eigenvalue weighted by Crippen LogP contribution is -2.49. The van der Waals surface area contributed by atoms with Crippen molar-refractivity contribution in [3.63, 3.8) is 0 Å². The summed E-state index contributed by atoms with van der Waals surface area (Å²) in [5.74, 6) is 1.19. The van der Waals surface area contributed by atoms with E-state index in [0.29, 0.717) is 0 Å². The molecular formula is C15H21N5O. The number of rotatable bonds is 3. The molecule has 3 heterocycles. The Balaban J connectivity index is 1.77. The molecule has 6 heteroatoms. The normalized spacial score (nSPS) is 19.2. The van der Waals surface area contributed by atoms with Gasteiger partial charge in [0.1, 0.15) is 5.82 Å². The highest BCUT2D eigenvalue weighted by Gasteiger charge is 2.23. The van der Waals surface area contributed by atoms with E-state index in [-0.39, 0.29) is 17.9 Å². The lowest BCUT2D eigenvalue weighted by atomic mass is 10.0. The van der Waals surface area contributed by atoms with Gasteiger partial charge in [-0.15, -0.1) is 0 Å². The van der Waals surface area contributed by atoms with Crippen LogP contribution >= 0.6 is 0 Å². The van der Waals surface area contributed by atoms with E-state index in [9.17, 15) is 4.79 Å². The molecule has 0 bridgehead atoms. The first kappa shape index (κ1) is 13.9. The number of fused-ring (bicyclic) bond motifs is 1. The molecule has 1 atom stereocenters. The van der Waals surface area contributed by atoms with Gasteiger partial charge in [0.2, 0.25) is 5.91 Å². The summed E-state index contributed by atoms with van der Waals surface area (Å²) in [6.07, 6.45) is 5.66. The molecule has 3 rings (SSSR count). The second-order valence-electron chi connectivity index (χ2n) is 5.85. The Morgan fingerprint density at radius 3 is 3.05 bits per heavy atom. The van der Waals surface area contributed by atoms with Gasteiger partial charge in [0.05, 0.1) is 6.20 Å². The van der Waals surface area contributed by atoms with Crippen LogP contribution in [0.5, 0.6) is 0 Å². The van der Waals surface area contributed by atoms with Crippen molar-refractivity contribution < 1.29 is 4.79 Å². The maximum Gasteiger partial charge on any atom is 0.222 e. The molecule has 1 saturated heterocycles. The van der Waals surface area contributed by atoms with E-state index in [1.165, 1.54) is 0 Å². The van der Waals surface area contributed by atoms with Crippen LogP contribution in [0.25, 0.3) is 5.65 Å². The van der Waals surface area contributed by atoms with E-state index < -0.39 is 0 Å². The minimum atomic E-state index is 0.0270. The van der Waals surface area contributed by atoms with Crippen molar-refractivity contribution in [3.8, 4) is 0 Å². The molecule has 0 saturated carbocycles. The molecule has 6 nitrogen and oxygen atoms in total. The SMILES string of the molecule is CC(C)C(=O)NC1CCCN(c2ccnc3ccnn23)C1. The van der Waals surface area contributed by atoms with Crippen LogP contribution in [0.1, 0.15) is 26.7 Å². The van der Waals surface area contributed by atoms with Crippen molar-refractivity contribution in [3.05, 3.63) is 24.5 Å². The summed E-state index contributed by atoms with van der Waals surface area (Å²) in [6.45, 7) is 5.64. The van der Waals surface area contributed by atoms with Crippen LogP contribution in [0.2, 0.25) is 0 Å². The third kappa shape index (κ3) is 2.84. The van der Waals surface area contributed by atoms with Gasteiger partial charge in [0.15, 0.2) is 5.65 Å². The molecule has 1 aliphatic heterocycles. The Kier molecular flexibility index (Phi) is 3.77. The number of piperidine rings is 1. The Morgan fingerprint density at radius 1 is 1.38 bits per heavy atom. The fourth-order valence-corrected chi connectivity index (χ4v) is 2.73. The van der Waals surface area contributed by atoms with Gasteiger partial charge < -0.3 is 10.2 Å². The molecule has 1 aliphatic rings. The average Bonchev–Trinajstić information content (AvgIpc) is 2.95. The van der Waals surface area contributed by atoms with Crippen molar-refractivity contribution in [2.45, 2.75) is 32.7 Å². The number of nitrogens with zero attached hydrogens (tertiary/aromatic N) is 4. The topological polar surface area (TPSA) is 62.5 Å². The highest BCUT2D eigenvalue weighted by molar-refractivity contribution is 5.78. The van der Waals surface area contributed by atoms with Crippen LogP contribution in [0, 0.1) is 5.92 Å². The second kappa shape index (κ2) is 5.71. The first-order valence-electron chi connectivity index (χ1n) is 7.49. The predicted molar refractivity (Wildman–Crippen MR) is 81.2 cm³/mol. The number of amides is 1. The van der Waals surface area contributed by atoms with Crippen LogP contribution in [0.3, 0.4) is 0 Å². The highest BCUT2D eigenvalue weighted by Crippen LogP contribution is 2.20. The first-order valence-corrected chi connectivity index (χ1v) is 7.49. The van der Waals surface area contributed by atoms with Crippen LogP contribution < -0.4 is 10.2 Å². The number of nitrogens with one attached hydrogen (secondary N) is 1. The van der Waals surface area contributed by atoms with E-state index in [1.807, 2.05) is 36.7 Å². The third-order valence-corrected chi connectivity index (χ3v) is 3.89. The van der Waals surface area contributed by atoms with Gasteiger partial charge in [-0.25, -0.2) is 4.98 Å². The lowest BCUT2D eigenvalue weighted by Gasteiger charge is -2.34. The third-order valence-electron chi connectivity index (χ3n) is 3.89. The molecule has 0 spiro atoms. The van der Waals surface area contributed by atoms with Crippen LogP contribution in [0.15, 0.2) is 24.5 Å². The van der Waals surface area contributed by atoms with Crippen molar-refractivity contribution >= 4 is 17.4 Å². The highest BCUT2D eigenvalue weighted by atomic mass is 16.1. The number of carbonyl (C=O) groups is 1. The largest absolute Gasteiger partial charge is 0.354 e. The van der Waals surface area contributed by atoms with Gasteiger partial charge in [-0.05, 0) is 18.9 Å². The zero-order valence-corrected chi connectivity index (χ0v) is 12.5. The zero-order valence-electron chi connectivity index (χ0n) is 12.5. The summed E-state index contributed by atoms with van der Waals surface area (Å²) < 4.78 is 1.85. The first-order chi connectivity index (χ1) is 10.1. The predicted octanol–water partition coefficient (Wildman–Crippen LogP) is 1.47. The Hall–Kier alpha value is -2.11. The van der Waals surface area contributed by atoms with Crippen LogP contribution in [-0.2, 0) is 4.79 Å². The van der Waals surface area contributed by atoms with Crippen molar-refractivity contribution in [1.29, 1.82) is 0 Å². The van der Waals surface area contributed by atoms with Gasteiger partial charge in [0, 0.05) is 37.3 Å². The molecule has 2 aromatic rings. The van der Waals surface area contributed by atoms with Gasteiger partial charge in [-0.1, -0.05) is 13.8 Å². The fraction of sp³-hybridized carbons (Fsp3) is 0.533. The summed E-state index contributed by atoms with van der Waals surface area (Å²) in [5, 5.41) is 7.47. The number of hydrogen-bond donors (Lipinski definition) is 1. The number of carbonyl (C=O) groups excluding carboxylic acids is 1. The number of hydrogen-bond acceptors (Lipinski definition) is 4. The summed E-state index contributed by atoms with van der Waals surface area (Å²) in [7, 11) is 0. The lowest BCUT2D eigenvalue weighted by molar-refractivity contribution is -0.124. The maximum absolute atomic E-state index is 11.9. The van der Waals surface area contributed by atoms with Crippen LogP contribution in [-0.4, -0.2) is 39.6 Å². The average molecular weight is 287 g/mol. The fourth-order valence-electron chi connectivity index (χ4n) is 2.73. The van der Waals surface area contributed by atoms with E-state index >= 15 is 0 Å². The number of aromatic nitrogens is 3. The molecule has 112 valence electrons. The molecule has 0 aliphatic carbocycles. The molecule has 0 aromatic carbocycles. The van der Waals surface area contributed by atoms with Crippen molar-refractivity contribution in [1.82, 2.24) is 19.9 Å². The maximum atomic E-state index is 11.9. The molecule has 21 heavy (non-hydrogen) atoms. The Labute approximate surface area is 124 Å². The van der Waals surface area contributed by atoms with Gasteiger partial charge >= 0.3 is 0 Å². The van der Waals surface area contributed by atoms with E-state index in [2.05, 4.69) is 20.3 Å². The molecule has 1 N–H and O–H groups in total. The second-order valence-corrected chi connectivity index (χ2v) is 5.85. The number of anilines is 1. The summed E-state index contributed by atoms with van der Waals surface area (Å²) in [5.41, 5.74) is 0.848. The zero-order chi connectivity index (χ0) is 14.8. The van der Waals surface area contributed by atoms with E-state index in [1.54, 1.807) is 6.20 Å². The van der Waals surface area contributed by atoms with E-state index in [0.717, 1.165) is 37.4 Å². The van der Waals surface area contributed by atoms with Crippen molar-refractivity contribution in [2.24, 2.45) is 5.92 Å². The van der Waals surface area contributed by atoms with E-state index in [4.69, 9.17) is 0 Å². The smallest absolute Gasteiger partial charge is 0.222 e. The quantitative estimate of drug-likeness (QED) is 0.928. The Morgan fingerprint density at radius 2 is 2.24 bits per heavy atom. The minimum absolute atomic E-state index is 0.0270. The minimum Gasteiger partial charge on any atom is -0.354 e. The van der Waals surface area contributed by atoms with Crippen LogP contribution in [0.4, 0.5) is 5.82 Å². The molecular weight excluding hydrogens is 266 g/mol. The molecule has 0 radical (unpaired) electrons. The molecule has 1 unspecified atom stereocenters. The molecule has 2 aromatic heterocycles. The summed E-state index contributed by atoms with van der Waals surface area (Å²) >= 11 is 0. The summed E-state index contributed by atoms with van der Waals surface area (Å²) in [6, 6.07) is 4.07. The molecule has 1 fully saturated rings. The summed E-state index contributed by atoms with van der Waals surface area (Å²) in [4.78, 5) is 18.4. The van der Waals surface area contributed by atoms with Gasteiger partial charge in [0.25, 0.3) is 0 Å². The van der Waals surface area contributed by atoms with Crippen molar-refractivity contribution in [2.75, 3.05) is 18.0 Å². The standard InChI is InChI=1S/C15H21N5O/c1-11(2)15(21)18-12-4-3-9-19(10-12)14-6-7-16-13-5-8-17-20(13)14/h5-8,11-12H,3-4,9-10H2,1-2H3,(H,18,21). The molecule has 1 amide bonds. The van der Waals surface area contributed by atoms with Gasteiger partial charge in [-0.2, -0.15) is 9.61 Å². The Bertz CT molecular complexity index is 636. The van der Waals surface area contributed by atoms with Gasteiger partial charge in [-0.3, -0.25) is 4.79 Å². The monoisotopic (exact) mass is 287 g/mol.